The number of furan rings is 1. The fourth-order valence-corrected chi connectivity index (χ4v) is 2.50. The SMILES string of the molecule is CCCNC(c1ccc(F)c(Br)c1)c1ccc(CC)o1. The van der Waals surface area contributed by atoms with E-state index < -0.39 is 0 Å². The first kappa shape index (κ1) is 15.3. The average Bonchev–Trinajstić information content (AvgIpc) is 2.92. The van der Waals surface area contributed by atoms with Crippen molar-refractivity contribution in [1.82, 2.24) is 5.32 Å². The molecule has 1 N–H and O–H groups in total. The van der Waals surface area contributed by atoms with Crippen LogP contribution in [0.25, 0.3) is 0 Å². The van der Waals surface area contributed by atoms with Gasteiger partial charge in [-0.1, -0.05) is 19.9 Å². The third kappa shape index (κ3) is 3.49. The fraction of sp³-hybridized carbons (Fsp3) is 0.375. The highest BCUT2D eigenvalue weighted by Crippen LogP contribution is 2.27. The lowest BCUT2D eigenvalue weighted by atomic mass is 10.0. The molecule has 0 aliphatic carbocycles. The van der Waals surface area contributed by atoms with Crippen LogP contribution in [0.5, 0.6) is 0 Å². The van der Waals surface area contributed by atoms with Crippen molar-refractivity contribution >= 4 is 15.9 Å². The summed E-state index contributed by atoms with van der Waals surface area (Å²) in [6.07, 6.45) is 1.90. The van der Waals surface area contributed by atoms with Gasteiger partial charge in [-0.05, 0) is 58.7 Å². The van der Waals surface area contributed by atoms with E-state index in [1.807, 2.05) is 12.1 Å². The summed E-state index contributed by atoms with van der Waals surface area (Å²) in [5.41, 5.74) is 0.990. The van der Waals surface area contributed by atoms with Gasteiger partial charge in [0.2, 0.25) is 0 Å². The Morgan fingerprint density at radius 1 is 1.25 bits per heavy atom. The highest BCUT2D eigenvalue weighted by atomic mass is 79.9. The van der Waals surface area contributed by atoms with E-state index in [9.17, 15) is 4.39 Å². The van der Waals surface area contributed by atoms with Crippen LogP contribution in [-0.4, -0.2) is 6.54 Å². The van der Waals surface area contributed by atoms with Crippen LogP contribution in [0.3, 0.4) is 0 Å². The summed E-state index contributed by atoms with van der Waals surface area (Å²) in [6.45, 7) is 5.05. The molecule has 1 aromatic heterocycles. The zero-order valence-electron chi connectivity index (χ0n) is 11.7. The third-order valence-corrected chi connectivity index (χ3v) is 3.80. The minimum atomic E-state index is -0.253. The lowest BCUT2D eigenvalue weighted by Crippen LogP contribution is -2.22. The summed E-state index contributed by atoms with van der Waals surface area (Å²) in [5, 5.41) is 3.45. The monoisotopic (exact) mass is 339 g/mol. The molecular weight excluding hydrogens is 321 g/mol. The normalized spacial score (nSPS) is 12.6. The topological polar surface area (TPSA) is 25.2 Å². The van der Waals surface area contributed by atoms with Crippen molar-refractivity contribution in [3.8, 4) is 0 Å². The summed E-state index contributed by atoms with van der Waals surface area (Å²) < 4.78 is 19.7. The van der Waals surface area contributed by atoms with Crippen LogP contribution in [0.2, 0.25) is 0 Å². The second-order valence-corrected chi connectivity index (χ2v) is 5.57. The Morgan fingerprint density at radius 3 is 2.65 bits per heavy atom. The molecular formula is C16H19BrFNO. The number of rotatable bonds is 6. The lowest BCUT2D eigenvalue weighted by molar-refractivity contribution is 0.421. The maximum atomic E-state index is 13.4. The third-order valence-electron chi connectivity index (χ3n) is 3.19. The molecule has 1 heterocycles. The van der Waals surface area contributed by atoms with Crippen LogP contribution >= 0.6 is 15.9 Å². The fourth-order valence-electron chi connectivity index (χ4n) is 2.10. The van der Waals surface area contributed by atoms with Crippen molar-refractivity contribution in [3.05, 3.63) is 57.7 Å². The van der Waals surface area contributed by atoms with Gasteiger partial charge in [0.15, 0.2) is 0 Å². The second kappa shape index (κ2) is 7.04. The number of hydrogen-bond acceptors (Lipinski definition) is 2. The molecule has 4 heteroatoms. The molecule has 2 nitrogen and oxygen atoms in total. The van der Waals surface area contributed by atoms with E-state index in [1.54, 1.807) is 12.1 Å². The number of hydrogen-bond donors (Lipinski definition) is 1. The van der Waals surface area contributed by atoms with Crippen LogP contribution in [0.1, 0.15) is 43.4 Å². The highest BCUT2D eigenvalue weighted by molar-refractivity contribution is 9.10. The van der Waals surface area contributed by atoms with Gasteiger partial charge in [0.25, 0.3) is 0 Å². The van der Waals surface area contributed by atoms with Gasteiger partial charge in [0.05, 0.1) is 10.5 Å². The van der Waals surface area contributed by atoms with E-state index in [1.165, 1.54) is 6.07 Å². The Bertz CT molecular complexity index is 567. The molecule has 20 heavy (non-hydrogen) atoms. The zero-order valence-corrected chi connectivity index (χ0v) is 13.3. The molecule has 0 aliphatic heterocycles. The predicted octanol–water partition coefficient (Wildman–Crippen LogP) is 4.83. The smallest absolute Gasteiger partial charge is 0.137 e. The van der Waals surface area contributed by atoms with Crippen molar-refractivity contribution in [2.45, 2.75) is 32.7 Å². The van der Waals surface area contributed by atoms with E-state index in [4.69, 9.17) is 4.42 Å². The van der Waals surface area contributed by atoms with E-state index in [-0.39, 0.29) is 11.9 Å². The largest absolute Gasteiger partial charge is 0.464 e. The van der Waals surface area contributed by atoms with Crippen molar-refractivity contribution in [3.63, 3.8) is 0 Å². The van der Waals surface area contributed by atoms with E-state index in [0.29, 0.717) is 4.47 Å². The minimum absolute atomic E-state index is 0.0489. The summed E-state index contributed by atoms with van der Waals surface area (Å²) in [5.74, 6) is 1.58. The van der Waals surface area contributed by atoms with Crippen LogP contribution in [0.4, 0.5) is 4.39 Å². The van der Waals surface area contributed by atoms with Gasteiger partial charge in [0.1, 0.15) is 17.3 Å². The Balaban J connectivity index is 2.32. The highest BCUT2D eigenvalue weighted by Gasteiger charge is 2.18. The molecule has 0 spiro atoms. The Hall–Kier alpha value is -1.13. The molecule has 0 saturated heterocycles. The molecule has 108 valence electrons. The maximum absolute atomic E-state index is 13.4. The van der Waals surface area contributed by atoms with Crippen LogP contribution in [0.15, 0.2) is 39.2 Å². The second-order valence-electron chi connectivity index (χ2n) is 4.72. The van der Waals surface area contributed by atoms with Crippen molar-refractivity contribution < 1.29 is 8.81 Å². The first-order chi connectivity index (χ1) is 9.65. The number of halogens is 2. The van der Waals surface area contributed by atoms with Crippen molar-refractivity contribution in [1.29, 1.82) is 0 Å². The zero-order chi connectivity index (χ0) is 14.5. The van der Waals surface area contributed by atoms with Gasteiger partial charge in [-0.3, -0.25) is 0 Å². The van der Waals surface area contributed by atoms with Gasteiger partial charge in [0, 0.05) is 6.42 Å². The van der Waals surface area contributed by atoms with Gasteiger partial charge in [-0.25, -0.2) is 4.39 Å². The summed E-state index contributed by atoms with van der Waals surface area (Å²) in [7, 11) is 0. The molecule has 0 bridgehead atoms. The Morgan fingerprint density at radius 2 is 2.05 bits per heavy atom. The van der Waals surface area contributed by atoms with Gasteiger partial charge in [-0.15, -0.1) is 0 Å². The number of nitrogens with one attached hydrogen (secondary N) is 1. The molecule has 1 atom stereocenters. The van der Waals surface area contributed by atoms with E-state index >= 15 is 0 Å². The van der Waals surface area contributed by atoms with E-state index in [2.05, 4.69) is 35.1 Å². The van der Waals surface area contributed by atoms with Crippen molar-refractivity contribution in [2.24, 2.45) is 0 Å². The average molecular weight is 340 g/mol. The molecule has 2 aromatic rings. The Kier molecular flexibility index (Phi) is 5.38. The number of aryl methyl sites for hydroxylation is 1. The molecule has 2 rings (SSSR count). The summed E-state index contributed by atoms with van der Waals surface area (Å²) >= 11 is 3.24. The van der Waals surface area contributed by atoms with Crippen LogP contribution in [-0.2, 0) is 6.42 Å². The quantitative estimate of drug-likeness (QED) is 0.815. The summed E-state index contributed by atoms with van der Waals surface area (Å²) in [6, 6.07) is 9.01. The molecule has 0 aliphatic rings. The maximum Gasteiger partial charge on any atom is 0.137 e. The van der Waals surface area contributed by atoms with E-state index in [0.717, 1.165) is 36.5 Å². The molecule has 0 amide bonds. The minimum Gasteiger partial charge on any atom is -0.464 e. The molecule has 0 saturated carbocycles. The molecule has 0 radical (unpaired) electrons. The van der Waals surface area contributed by atoms with Gasteiger partial charge in [-0.2, -0.15) is 0 Å². The lowest BCUT2D eigenvalue weighted by Gasteiger charge is -2.17. The number of benzene rings is 1. The standard InChI is InChI=1S/C16H19BrFNO/c1-3-9-19-16(15-8-6-12(4-2)20-15)11-5-7-14(18)13(17)10-11/h5-8,10,16,19H,3-4,9H2,1-2H3. The van der Waals surface area contributed by atoms with Gasteiger partial charge < -0.3 is 9.73 Å². The molecule has 1 unspecified atom stereocenters. The predicted molar refractivity (Wildman–Crippen MR) is 82.3 cm³/mol. The molecule has 0 fully saturated rings. The van der Waals surface area contributed by atoms with Crippen LogP contribution < -0.4 is 5.32 Å². The first-order valence-corrected chi connectivity index (χ1v) is 7.72. The summed E-state index contributed by atoms with van der Waals surface area (Å²) in [4.78, 5) is 0. The van der Waals surface area contributed by atoms with Crippen molar-refractivity contribution in [2.75, 3.05) is 6.54 Å². The Labute approximate surface area is 127 Å². The first-order valence-electron chi connectivity index (χ1n) is 6.92. The molecule has 1 aromatic carbocycles. The van der Waals surface area contributed by atoms with Gasteiger partial charge >= 0.3 is 0 Å². The van der Waals surface area contributed by atoms with Crippen LogP contribution in [0, 0.1) is 5.82 Å².